The van der Waals surface area contributed by atoms with Gasteiger partial charge in [-0.1, -0.05) is 12.1 Å². The van der Waals surface area contributed by atoms with E-state index in [2.05, 4.69) is 17.4 Å². The van der Waals surface area contributed by atoms with Crippen molar-refractivity contribution >= 4 is 22.2 Å². The number of benzene rings is 2. The first-order chi connectivity index (χ1) is 11.7. The van der Waals surface area contributed by atoms with Crippen molar-refractivity contribution in [3.63, 3.8) is 0 Å². The SMILES string of the molecule is COc1cc2c(cc1C)-c1nc(Nc3ccccc3F)sc1CC2. The van der Waals surface area contributed by atoms with Crippen LogP contribution >= 0.6 is 11.3 Å². The van der Waals surface area contributed by atoms with E-state index < -0.39 is 0 Å². The number of aryl methyl sites for hydroxylation is 3. The average molecular weight is 340 g/mol. The third-order valence-electron chi connectivity index (χ3n) is 4.31. The molecule has 1 aliphatic carbocycles. The molecule has 0 spiro atoms. The van der Waals surface area contributed by atoms with E-state index in [1.54, 1.807) is 30.6 Å². The van der Waals surface area contributed by atoms with Crippen LogP contribution in [0.1, 0.15) is 16.0 Å². The Morgan fingerprint density at radius 2 is 2.04 bits per heavy atom. The summed E-state index contributed by atoms with van der Waals surface area (Å²) in [6, 6.07) is 10.9. The van der Waals surface area contributed by atoms with Gasteiger partial charge in [-0.25, -0.2) is 9.37 Å². The molecule has 1 aromatic heterocycles. The van der Waals surface area contributed by atoms with Crippen molar-refractivity contribution in [2.45, 2.75) is 19.8 Å². The van der Waals surface area contributed by atoms with Crippen LogP contribution in [0.15, 0.2) is 36.4 Å². The molecule has 0 radical (unpaired) electrons. The number of hydrogen-bond donors (Lipinski definition) is 1. The molecule has 0 aliphatic heterocycles. The van der Waals surface area contributed by atoms with Crippen LogP contribution in [-0.2, 0) is 12.8 Å². The van der Waals surface area contributed by atoms with E-state index >= 15 is 0 Å². The number of hydrogen-bond acceptors (Lipinski definition) is 4. The Morgan fingerprint density at radius 1 is 1.21 bits per heavy atom. The van der Waals surface area contributed by atoms with E-state index in [1.165, 1.54) is 16.5 Å². The van der Waals surface area contributed by atoms with Gasteiger partial charge in [0.25, 0.3) is 0 Å². The molecule has 0 amide bonds. The highest BCUT2D eigenvalue weighted by Gasteiger charge is 2.22. The Labute approximate surface area is 144 Å². The number of rotatable bonds is 3. The first kappa shape index (κ1) is 15.1. The van der Waals surface area contributed by atoms with Crippen molar-refractivity contribution in [1.82, 2.24) is 4.98 Å². The van der Waals surface area contributed by atoms with Crippen LogP contribution in [0.3, 0.4) is 0 Å². The highest BCUT2D eigenvalue weighted by atomic mass is 32.1. The van der Waals surface area contributed by atoms with Crippen LogP contribution in [0.25, 0.3) is 11.3 Å². The molecule has 1 aliphatic rings. The number of halogens is 1. The molecule has 3 nitrogen and oxygen atoms in total. The first-order valence-corrected chi connectivity index (χ1v) is 8.66. The molecule has 24 heavy (non-hydrogen) atoms. The van der Waals surface area contributed by atoms with Gasteiger partial charge in [-0.2, -0.15) is 0 Å². The minimum atomic E-state index is -0.272. The molecule has 5 heteroatoms. The lowest BCUT2D eigenvalue weighted by Crippen LogP contribution is -2.03. The van der Waals surface area contributed by atoms with Gasteiger partial charge >= 0.3 is 0 Å². The molecule has 0 fully saturated rings. The van der Waals surface area contributed by atoms with Gasteiger partial charge in [0.05, 0.1) is 18.5 Å². The zero-order chi connectivity index (χ0) is 16.7. The highest BCUT2D eigenvalue weighted by molar-refractivity contribution is 7.16. The Morgan fingerprint density at radius 3 is 2.83 bits per heavy atom. The predicted octanol–water partition coefficient (Wildman–Crippen LogP) is 5.11. The zero-order valence-electron chi connectivity index (χ0n) is 13.5. The molecule has 2 aromatic carbocycles. The van der Waals surface area contributed by atoms with Gasteiger partial charge in [-0.15, -0.1) is 11.3 Å². The maximum absolute atomic E-state index is 13.8. The van der Waals surface area contributed by atoms with Crippen LogP contribution in [0, 0.1) is 12.7 Å². The topological polar surface area (TPSA) is 34.1 Å². The normalized spacial score (nSPS) is 12.5. The lowest BCUT2D eigenvalue weighted by molar-refractivity contribution is 0.411. The number of nitrogens with zero attached hydrogens (tertiary/aromatic N) is 1. The first-order valence-electron chi connectivity index (χ1n) is 7.85. The number of thiazole rings is 1. The Hall–Kier alpha value is -2.40. The number of ether oxygens (including phenoxy) is 1. The van der Waals surface area contributed by atoms with Crippen molar-refractivity contribution in [3.05, 3.63) is 58.2 Å². The van der Waals surface area contributed by atoms with Gasteiger partial charge in [-0.3, -0.25) is 0 Å². The van der Waals surface area contributed by atoms with Gasteiger partial charge in [0.2, 0.25) is 0 Å². The Bertz CT molecular complexity index is 920. The molecule has 0 unspecified atom stereocenters. The van der Waals surface area contributed by atoms with Gasteiger partial charge in [0, 0.05) is 10.4 Å². The largest absolute Gasteiger partial charge is 0.496 e. The van der Waals surface area contributed by atoms with E-state index in [4.69, 9.17) is 9.72 Å². The fourth-order valence-electron chi connectivity index (χ4n) is 3.09. The van der Waals surface area contributed by atoms with Gasteiger partial charge < -0.3 is 10.1 Å². The molecule has 0 bridgehead atoms. The molecule has 1 N–H and O–H groups in total. The van der Waals surface area contributed by atoms with Crippen molar-refractivity contribution in [2.75, 3.05) is 12.4 Å². The van der Waals surface area contributed by atoms with Crippen molar-refractivity contribution in [1.29, 1.82) is 0 Å². The average Bonchev–Trinajstić information content (AvgIpc) is 2.99. The minimum absolute atomic E-state index is 0.272. The van der Waals surface area contributed by atoms with Crippen molar-refractivity contribution < 1.29 is 9.13 Å². The number of para-hydroxylation sites is 1. The van der Waals surface area contributed by atoms with Gasteiger partial charge in [0.1, 0.15) is 11.6 Å². The second-order valence-corrected chi connectivity index (χ2v) is 6.96. The summed E-state index contributed by atoms with van der Waals surface area (Å²) in [6.07, 6.45) is 1.92. The van der Waals surface area contributed by atoms with Crippen molar-refractivity contribution in [2.24, 2.45) is 0 Å². The Kier molecular flexibility index (Phi) is 3.73. The smallest absolute Gasteiger partial charge is 0.188 e. The molecular weight excluding hydrogens is 323 g/mol. The fourth-order valence-corrected chi connectivity index (χ4v) is 4.08. The monoisotopic (exact) mass is 340 g/mol. The number of anilines is 2. The van der Waals surface area contributed by atoms with Gasteiger partial charge in [-0.05, 0) is 55.2 Å². The summed E-state index contributed by atoms with van der Waals surface area (Å²) >= 11 is 1.60. The summed E-state index contributed by atoms with van der Waals surface area (Å²) in [6.45, 7) is 2.04. The lowest BCUT2D eigenvalue weighted by Gasteiger charge is -2.17. The maximum atomic E-state index is 13.8. The standard InChI is InChI=1S/C19H17FN2OS/c1-11-9-13-12(10-16(11)23-2)7-8-17-18(13)22-19(24-17)21-15-6-4-3-5-14(15)20/h3-6,9-10H,7-8H2,1-2H3,(H,21,22). The molecule has 1 heterocycles. The van der Waals surface area contributed by atoms with Crippen LogP contribution in [0.2, 0.25) is 0 Å². The zero-order valence-corrected chi connectivity index (χ0v) is 14.3. The van der Waals surface area contributed by atoms with Crippen LogP contribution in [0.5, 0.6) is 5.75 Å². The van der Waals surface area contributed by atoms with E-state index in [0.717, 1.165) is 40.5 Å². The number of aromatic nitrogens is 1. The third-order valence-corrected chi connectivity index (χ3v) is 5.34. The summed E-state index contributed by atoms with van der Waals surface area (Å²) < 4.78 is 19.3. The maximum Gasteiger partial charge on any atom is 0.188 e. The minimum Gasteiger partial charge on any atom is -0.496 e. The highest BCUT2D eigenvalue weighted by Crippen LogP contribution is 2.41. The van der Waals surface area contributed by atoms with Gasteiger partial charge in [0.15, 0.2) is 5.13 Å². The second-order valence-electron chi connectivity index (χ2n) is 5.87. The van der Waals surface area contributed by atoms with E-state index in [0.29, 0.717) is 5.69 Å². The molecule has 0 saturated heterocycles. The quantitative estimate of drug-likeness (QED) is 0.719. The molecule has 0 saturated carbocycles. The second kappa shape index (κ2) is 5.91. The van der Waals surface area contributed by atoms with Crippen LogP contribution < -0.4 is 10.1 Å². The summed E-state index contributed by atoms with van der Waals surface area (Å²) in [5, 5.41) is 3.83. The summed E-state index contributed by atoms with van der Waals surface area (Å²) in [4.78, 5) is 5.97. The molecule has 122 valence electrons. The molecule has 4 rings (SSSR count). The third kappa shape index (κ3) is 2.55. The predicted molar refractivity (Wildman–Crippen MR) is 95.9 cm³/mol. The van der Waals surface area contributed by atoms with Crippen molar-refractivity contribution in [3.8, 4) is 17.0 Å². The Balaban J connectivity index is 1.73. The summed E-state index contributed by atoms with van der Waals surface area (Å²) in [5.41, 5.74) is 4.97. The molecule has 3 aromatic rings. The van der Waals surface area contributed by atoms with Crippen LogP contribution in [0.4, 0.5) is 15.2 Å². The number of fused-ring (bicyclic) bond motifs is 3. The van der Waals surface area contributed by atoms with E-state index in [-0.39, 0.29) is 5.82 Å². The number of methoxy groups -OCH3 is 1. The fraction of sp³-hybridized carbons (Fsp3) is 0.211. The molecule has 0 atom stereocenters. The van der Waals surface area contributed by atoms with E-state index in [1.807, 2.05) is 13.0 Å². The summed E-state index contributed by atoms with van der Waals surface area (Å²) in [5.74, 6) is 0.642. The molecular formula is C19H17FN2OS. The van der Waals surface area contributed by atoms with E-state index in [9.17, 15) is 4.39 Å². The van der Waals surface area contributed by atoms with Crippen LogP contribution in [-0.4, -0.2) is 12.1 Å². The summed E-state index contributed by atoms with van der Waals surface area (Å²) in [7, 11) is 1.70. The number of nitrogens with one attached hydrogen (secondary N) is 1. The lowest BCUT2D eigenvalue weighted by atomic mass is 9.91.